The fourth-order valence-electron chi connectivity index (χ4n) is 2.48. The van der Waals surface area contributed by atoms with E-state index in [9.17, 15) is 8.42 Å². The van der Waals surface area contributed by atoms with Gasteiger partial charge in [-0.3, -0.25) is 0 Å². The van der Waals surface area contributed by atoms with Gasteiger partial charge in [-0.2, -0.15) is 0 Å². The summed E-state index contributed by atoms with van der Waals surface area (Å²) in [4.78, 5) is 8.36. The lowest BCUT2D eigenvalue weighted by Gasteiger charge is -2.13. The molecule has 2 aromatic rings. The first kappa shape index (κ1) is 16.2. The number of benzene rings is 1. The van der Waals surface area contributed by atoms with Crippen LogP contribution in [0.25, 0.3) is 0 Å². The van der Waals surface area contributed by atoms with Crippen LogP contribution in [0.1, 0.15) is 12.0 Å². The van der Waals surface area contributed by atoms with E-state index < -0.39 is 9.84 Å². The van der Waals surface area contributed by atoms with E-state index in [-0.39, 0.29) is 17.5 Å². The van der Waals surface area contributed by atoms with Crippen molar-refractivity contribution in [3.05, 3.63) is 40.6 Å². The second kappa shape index (κ2) is 6.45. The molecule has 1 aliphatic heterocycles. The van der Waals surface area contributed by atoms with Crippen molar-refractivity contribution < 1.29 is 8.42 Å². The lowest BCUT2D eigenvalue weighted by Crippen LogP contribution is -2.21. The zero-order valence-corrected chi connectivity index (χ0v) is 15.0. The molecule has 0 aliphatic carbocycles. The predicted molar refractivity (Wildman–Crippen MR) is 94.9 cm³/mol. The second-order valence-corrected chi connectivity index (χ2v) is 8.72. The van der Waals surface area contributed by atoms with Gasteiger partial charge in [0.2, 0.25) is 0 Å². The molecule has 0 saturated carbocycles. The monoisotopic (exact) mass is 396 g/mol. The Morgan fingerprint density at radius 3 is 2.70 bits per heavy atom. The van der Waals surface area contributed by atoms with Crippen LogP contribution in [0.15, 0.2) is 35.1 Å². The summed E-state index contributed by atoms with van der Waals surface area (Å²) in [6, 6.07) is 7.69. The summed E-state index contributed by atoms with van der Waals surface area (Å²) < 4.78 is 24.0. The van der Waals surface area contributed by atoms with Crippen molar-refractivity contribution in [2.24, 2.45) is 0 Å². The summed E-state index contributed by atoms with van der Waals surface area (Å²) >= 11 is 3.52. The summed E-state index contributed by atoms with van der Waals surface area (Å²) in [6.45, 7) is 2.02. The standard InChI is InChI=1S/C15H17BrN4O2S/c1-10-2-3-13(12(16)6-10)20-15-7-14(17-9-18-15)19-11-4-5-23(21,22)8-11/h2-3,6-7,9,11H,4-5,8H2,1H3,(H2,17,18,19,20). The zero-order valence-electron chi connectivity index (χ0n) is 12.6. The van der Waals surface area contributed by atoms with Crippen molar-refractivity contribution in [2.75, 3.05) is 22.1 Å². The molecule has 8 heteroatoms. The van der Waals surface area contributed by atoms with Crippen molar-refractivity contribution in [1.29, 1.82) is 0 Å². The molecule has 3 rings (SSSR count). The van der Waals surface area contributed by atoms with Crippen molar-refractivity contribution in [3.8, 4) is 0 Å². The molecule has 0 bridgehead atoms. The van der Waals surface area contributed by atoms with Crippen LogP contribution in [0, 0.1) is 6.92 Å². The van der Waals surface area contributed by atoms with E-state index in [1.54, 1.807) is 6.07 Å². The molecule has 6 nitrogen and oxygen atoms in total. The first-order valence-electron chi connectivity index (χ1n) is 7.23. The highest BCUT2D eigenvalue weighted by Gasteiger charge is 2.27. The van der Waals surface area contributed by atoms with E-state index >= 15 is 0 Å². The highest BCUT2D eigenvalue weighted by molar-refractivity contribution is 9.10. The number of hydrogen-bond acceptors (Lipinski definition) is 6. The molecule has 1 aromatic carbocycles. The zero-order chi connectivity index (χ0) is 16.4. The minimum atomic E-state index is -2.91. The SMILES string of the molecule is Cc1ccc(Nc2cc(NC3CCS(=O)(=O)C3)ncn2)c(Br)c1. The smallest absolute Gasteiger partial charge is 0.152 e. The van der Waals surface area contributed by atoms with Crippen LogP contribution in [0.5, 0.6) is 0 Å². The first-order chi connectivity index (χ1) is 10.9. The van der Waals surface area contributed by atoms with Gasteiger partial charge in [0.15, 0.2) is 9.84 Å². The van der Waals surface area contributed by atoms with Gasteiger partial charge in [-0.25, -0.2) is 18.4 Å². The van der Waals surface area contributed by atoms with Gasteiger partial charge >= 0.3 is 0 Å². The minimum Gasteiger partial charge on any atom is -0.366 e. The molecule has 1 atom stereocenters. The Hall–Kier alpha value is -1.67. The Morgan fingerprint density at radius 1 is 1.22 bits per heavy atom. The van der Waals surface area contributed by atoms with Crippen LogP contribution < -0.4 is 10.6 Å². The Labute approximate surface area is 143 Å². The van der Waals surface area contributed by atoms with Gasteiger partial charge < -0.3 is 10.6 Å². The molecule has 2 N–H and O–H groups in total. The van der Waals surface area contributed by atoms with Crippen LogP contribution >= 0.6 is 15.9 Å². The van der Waals surface area contributed by atoms with Crippen molar-refractivity contribution in [2.45, 2.75) is 19.4 Å². The number of nitrogens with one attached hydrogen (secondary N) is 2. The van der Waals surface area contributed by atoms with E-state index in [0.717, 1.165) is 15.7 Å². The molecular weight excluding hydrogens is 380 g/mol. The fraction of sp³-hybridized carbons (Fsp3) is 0.333. The molecule has 0 amide bonds. The van der Waals surface area contributed by atoms with E-state index in [1.807, 2.05) is 25.1 Å². The lowest BCUT2D eigenvalue weighted by molar-refractivity contribution is 0.602. The summed E-state index contributed by atoms with van der Waals surface area (Å²) in [6.07, 6.45) is 2.06. The molecule has 1 unspecified atom stereocenters. The van der Waals surface area contributed by atoms with Gasteiger partial charge in [0.05, 0.1) is 17.2 Å². The second-order valence-electron chi connectivity index (χ2n) is 5.64. The van der Waals surface area contributed by atoms with E-state index in [2.05, 4.69) is 36.5 Å². The Kier molecular flexibility index (Phi) is 4.54. The summed E-state index contributed by atoms with van der Waals surface area (Å²) in [7, 11) is -2.91. The number of anilines is 3. The summed E-state index contributed by atoms with van der Waals surface area (Å²) in [5.74, 6) is 1.65. The number of aryl methyl sites for hydroxylation is 1. The lowest BCUT2D eigenvalue weighted by atomic mass is 10.2. The minimum absolute atomic E-state index is 0.0890. The first-order valence-corrected chi connectivity index (χ1v) is 9.85. The maximum atomic E-state index is 11.5. The van der Waals surface area contributed by atoms with E-state index in [0.29, 0.717) is 18.1 Å². The highest BCUT2D eigenvalue weighted by atomic mass is 79.9. The Morgan fingerprint density at radius 2 is 2.00 bits per heavy atom. The topological polar surface area (TPSA) is 84.0 Å². The Bertz CT molecular complexity index is 826. The third kappa shape index (κ3) is 4.20. The predicted octanol–water partition coefficient (Wildman–Crippen LogP) is 2.89. The molecule has 23 heavy (non-hydrogen) atoms. The summed E-state index contributed by atoms with van der Waals surface area (Å²) in [5.41, 5.74) is 2.07. The normalized spacial score (nSPS) is 19.5. The van der Waals surface area contributed by atoms with Crippen molar-refractivity contribution >= 4 is 43.1 Å². The molecule has 122 valence electrons. The van der Waals surface area contributed by atoms with Crippen LogP contribution in [-0.2, 0) is 9.84 Å². The molecule has 0 spiro atoms. The fourth-order valence-corrected chi connectivity index (χ4v) is 4.75. The molecule has 0 radical (unpaired) electrons. The molecule has 1 saturated heterocycles. The number of rotatable bonds is 4. The maximum absolute atomic E-state index is 11.5. The Balaban J connectivity index is 1.72. The van der Waals surface area contributed by atoms with Crippen LogP contribution in [-0.4, -0.2) is 35.9 Å². The molecule has 1 fully saturated rings. The molecule has 2 heterocycles. The quantitative estimate of drug-likeness (QED) is 0.826. The number of nitrogens with zero attached hydrogens (tertiary/aromatic N) is 2. The van der Waals surface area contributed by atoms with E-state index in [1.165, 1.54) is 6.33 Å². The van der Waals surface area contributed by atoms with Gasteiger partial charge in [0.1, 0.15) is 18.0 Å². The largest absolute Gasteiger partial charge is 0.366 e. The van der Waals surface area contributed by atoms with Crippen LogP contribution in [0.2, 0.25) is 0 Å². The number of halogens is 1. The van der Waals surface area contributed by atoms with Crippen LogP contribution in [0.3, 0.4) is 0 Å². The highest BCUT2D eigenvalue weighted by Crippen LogP contribution is 2.26. The molecule has 1 aliphatic rings. The average Bonchev–Trinajstić information content (AvgIpc) is 2.81. The van der Waals surface area contributed by atoms with Gasteiger partial charge in [0.25, 0.3) is 0 Å². The van der Waals surface area contributed by atoms with Gasteiger partial charge in [0, 0.05) is 16.6 Å². The third-order valence-corrected chi connectivity index (χ3v) is 6.06. The molecular formula is C15H17BrN4O2S. The van der Waals surface area contributed by atoms with Gasteiger partial charge in [-0.05, 0) is 47.0 Å². The van der Waals surface area contributed by atoms with Gasteiger partial charge in [-0.15, -0.1) is 0 Å². The maximum Gasteiger partial charge on any atom is 0.152 e. The van der Waals surface area contributed by atoms with E-state index in [4.69, 9.17) is 0 Å². The third-order valence-electron chi connectivity index (χ3n) is 3.64. The summed E-state index contributed by atoms with van der Waals surface area (Å²) in [5, 5.41) is 6.39. The van der Waals surface area contributed by atoms with Crippen molar-refractivity contribution in [3.63, 3.8) is 0 Å². The molecule has 1 aromatic heterocycles. The number of hydrogen-bond donors (Lipinski definition) is 2. The van der Waals surface area contributed by atoms with Gasteiger partial charge in [-0.1, -0.05) is 6.07 Å². The number of sulfone groups is 1. The number of aromatic nitrogens is 2. The van der Waals surface area contributed by atoms with Crippen molar-refractivity contribution in [1.82, 2.24) is 9.97 Å². The average molecular weight is 397 g/mol. The van der Waals surface area contributed by atoms with Crippen LogP contribution in [0.4, 0.5) is 17.3 Å².